The molecule has 36 heavy (non-hydrogen) atoms. The number of fused-ring (bicyclic) bond motifs is 1. The van der Waals surface area contributed by atoms with Crippen molar-refractivity contribution in [3.05, 3.63) is 99.5 Å². The van der Waals surface area contributed by atoms with Gasteiger partial charge < -0.3 is 9.47 Å². The Balaban J connectivity index is 1.26. The highest BCUT2D eigenvalue weighted by Crippen LogP contribution is 2.31. The summed E-state index contributed by atoms with van der Waals surface area (Å²) in [5.74, 6) is 0.934. The smallest absolute Gasteiger partial charge is 0.283 e. The topological polar surface area (TPSA) is 87.3 Å². The van der Waals surface area contributed by atoms with Crippen molar-refractivity contribution >= 4 is 55.7 Å². The zero-order valence-corrected chi connectivity index (χ0v) is 21.7. The van der Waals surface area contributed by atoms with E-state index in [0.717, 1.165) is 26.9 Å². The molecule has 0 spiro atoms. The maximum absolute atomic E-state index is 12.8. The number of amides is 1. The Bertz CT molecular complexity index is 1420. The second-order valence-corrected chi connectivity index (χ2v) is 9.89. The van der Waals surface area contributed by atoms with Crippen LogP contribution in [0, 0.1) is 12.3 Å². The van der Waals surface area contributed by atoms with Gasteiger partial charge in [-0.1, -0.05) is 57.9 Å². The summed E-state index contributed by atoms with van der Waals surface area (Å²) in [6.07, 6.45) is 1.64. The van der Waals surface area contributed by atoms with Gasteiger partial charge in [0.2, 0.25) is 5.17 Å². The summed E-state index contributed by atoms with van der Waals surface area (Å²) < 4.78 is 12.5. The second kappa shape index (κ2) is 10.5. The number of ether oxygens (including phenoxy) is 2. The average molecular weight is 561 g/mol. The molecule has 0 atom stereocenters. The van der Waals surface area contributed by atoms with Gasteiger partial charge >= 0.3 is 0 Å². The molecule has 0 bridgehead atoms. The number of aliphatic imine (C=N–C) groups is 1. The summed E-state index contributed by atoms with van der Waals surface area (Å²) in [7, 11) is 0. The molecule has 0 saturated heterocycles. The van der Waals surface area contributed by atoms with Crippen LogP contribution in [-0.4, -0.2) is 40.2 Å². The monoisotopic (exact) mass is 560 g/mol. The normalized spacial score (nSPS) is 16.1. The van der Waals surface area contributed by atoms with Gasteiger partial charge in [0.25, 0.3) is 5.91 Å². The van der Waals surface area contributed by atoms with Crippen LogP contribution in [0.25, 0.3) is 6.08 Å². The van der Waals surface area contributed by atoms with Crippen molar-refractivity contribution in [3.8, 4) is 11.5 Å². The Morgan fingerprint density at radius 2 is 1.72 bits per heavy atom. The van der Waals surface area contributed by atoms with E-state index >= 15 is 0 Å². The lowest BCUT2D eigenvalue weighted by molar-refractivity contribution is -0.114. The quantitative estimate of drug-likeness (QED) is 0.288. The molecule has 9 heteroatoms. The third-order valence-corrected chi connectivity index (χ3v) is 6.84. The fourth-order valence-corrected chi connectivity index (χ4v) is 4.68. The summed E-state index contributed by atoms with van der Waals surface area (Å²) in [5.41, 5.74) is 2.96. The van der Waals surface area contributed by atoms with E-state index in [0.29, 0.717) is 29.2 Å². The molecule has 1 amide bonds. The molecular weight excluding hydrogens is 540 g/mol. The lowest BCUT2D eigenvalue weighted by Crippen LogP contribution is -2.35. The van der Waals surface area contributed by atoms with Gasteiger partial charge in [-0.2, -0.15) is 15.1 Å². The molecule has 0 unspecified atom stereocenters. The minimum Gasteiger partial charge on any atom is -0.490 e. The van der Waals surface area contributed by atoms with Crippen molar-refractivity contribution in [2.24, 2.45) is 10.1 Å². The van der Waals surface area contributed by atoms with Crippen LogP contribution >= 0.6 is 27.7 Å². The Hall–Kier alpha value is -3.69. The molecular formula is C27H21BrN4O3S. The first-order chi connectivity index (χ1) is 17.5. The van der Waals surface area contributed by atoms with Crippen LogP contribution in [-0.2, 0) is 4.79 Å². The zero-order chi connectivity index (χ0) is 25.1. The van der Waals surface area contributed by atoms with Crippen LogP contribution in [0.15, 0.2) is 92.9 Å². The summed E-state index contributed by atoms with van der Waals surface area (Å²) in [4.78, 5) is 16.9. The van der Waals surface area contributed by atoms with Crippen molar-refractivity contribution in [1.29, 1.82) is 5.41 Å². The number of hydrogen-bond acceptors (Lipinski definition) is 6. The van der Waals surface area contributed by atoms with E-state index in [1.54, 1.807) is 6.08 Å². The highest BCUT2D eigenvalue weighted by atomic mass is 79.9. The standard InChI is InChI=1S/C27H21BrN4O3S/c1-17-5-7-19(8-6-17)26-31-32-24(29)23(25(33)30-27(32)36-26)16-18-3-2-4-22(15-18)35-14-13-34-21-11-9-20(28)10-12-21/h2-12,15-16,29H,13-14H2,1H3/b23-16-,29-24?. The first-order valence-corrected chi connectivity index (χ1v) is 12.8. The number of benzene rings is 3. The fourth-order valence-electron chi connectivity index (χ4n) is 3.52. The molecule has 3 aromatic carbocycles. The van der Waals surface area contributed by atoms with Crippen molar-refractivity contribution in [1.82, 2.24) is 5.01 Å². The van der Waals surface area contributed by atoms with E-state index in [1.165, 1.54) is 16.8 Å². The first-order valence-electron chi connectivity index (χ1n) is 11.1. The van der Waals surface area contributed by atoms with Crippen molar-refractivity contribution in [3.63, 3.8) is 0 Å². The summed E-state index contributed by atoms with van der Waals surface area (Å²) in [5, 5.41) is 15.6. The molecule has 2 heterocycles. The Kier molecular flexibility index (Phi) is 7.02. The second-order valence-electron chi connectivity index (χ2n) is 8.01. The molecule has 0 aliphatic carbocycles. The first kappa shape index (κ1) is 24.0. The predicted molar refractivity (Wildman–Crippen MR) is 147 cm³/mol. The molecule has 1 N–H and O–H groups in total. The molecule has 2 aliphatic heterocycles. The molecule has 3 aromatic rings. The van der Waals surface area contributed by atoms with Gasteiger partial charge in [0.1, 0.15) is 29.8 Å². The number of nitrogens with one attached hydrogen (secondary N) is 1. The zero-order valence-electron chi connectivity index (χ0n) is 19.3. The Morgan fingerprint density at radius 3 is 2.47 bits per heavy atom. The lowest BCUT2D eigenvalue weighted by atomic mass is 10.1. The average Bonchev–Trinajstić information content (AvgIpc) is 3.30. The predicted octanol–water partition coefficient (Wildman–Crippen LogP) is 5.88. The SMILES string of the molecule is Cc1ccc(C2=NN3C(=N)/C(=C/c4cccc(OCCOc5ccc(Br)cc5)c4)C(=O)N=C3S2)cc1. The van der Waals surface area contributed by atoms with E-state index < -0.39 is 5.91 Å². The molecule has 0 saturated carbocycles. The van der Waals surface area contributed by atoms with E-state index in [-0.39, 0.29) is 11.4 Å². The number of aryl methyl sites for hydroxylation is 1. The maximum Gasteiger partial charge on any atom is 0.283 e. The number of thioether (sulfide) groups is 1. The van der Waals surface area contributed by atoms with Gasteiger partial charge in [-0.05, 0) is 66.7 Å². The third kappa shape index (κ3) is 5.42. The number of rotatable bonds is 7. The number of halogens is 1. The van der Waals surface area contributed by atoms with E-state index in [2.05, 4.69) is 26.0 Å². The largest absolute Gasteiger partial charge is 0.490 e. The lowest BCUT2D eigenvalue weighted by Gasteiger charge is -2.20. The Morgan fingerprint density at radius 1 is 1.00 bits per heavy atom. The van der Waals surface area contributed by atoms with Crippen LogP contribution in [0.4, 0.5) is 0 Å². The molecule has 0 aromatic heterocycles. The number of carbonyl (C=O) groups is 1. The molecule has 0 radical (unpaired) electrons. The highest BCUT2D eigenvalue weighted by Gasteiger charge is 2.36. The van der Waals surface area contributed by atoms with E-state index in [9.17, 15) is 4.79 Å². The van der Waals surface area contributed by atoms with E-state index in [1.807, 2.05) is 79.7 Å². The minimum atomic E-state index is -0.465. The molecule has 180 valence electrons. The van der Waals surface area contributed by atoms with Crippen LogP contribution in [0.1, 0.15) is 16.7 Å². The number of hydrogen-bond donors (Lipinski definition) is 1. The fraction of sp³-hybridized carbons (Fsp3) is 0.111. The Labute approximate surface area is 221 Å². The molecule has 2 aliphatic rings. The highest BCUT2D eigenvalue weighted by molar-refractivity contribution is 9.10. The van der Waals surface area contributed by atoms with E-state index in [4.69, 9.17) is 14.9 Å². The number of hydrazone groups is 1. The molecule has 7 nitrogen and oxygen atoms in total. The van der Waals surface area contributed by atoms with Gasteiger partial charge in [0.15, 0.2) is 5.84 Å². The molecule has 0 fully saturated rings. The number of amidine groups is 2. The minimum absolute atomic E-state index is 0.00571. The summed E-state index contributed by atoms with van der Waals surface area (Å²) in [6.45, 7) is 2.77. The van der Waals surface area contributed by atoms with Gasteiger partial charge in [0.05, 0.1) is 5.57 Å². The van der Waals surface area contributed by atoms with Crippen molar-refractivity contribution < 1.29 is 14.3 Å². The summed E-state index contributed by atoms with van der Waals surface area (Å²) >= 11 is 4.68. The van der Waals surface area contributed by atoms with Gasteiger partial charge in [0, 0.05) is 10.0 Å². The van der Waals surface area contributed by atoms with Gasteiger partial charge in [-0.15, -0.1) is 0 Å². The maximum atomic E-state index is 12.8. The van der Waals surface area contributed by atoms with Gasteiger partial charge in [-0.25, -0.2) is 0 Å². The van der Waals surface area contributed by atoms with Crippen molar-refractivity contribution in [2.45, 2.75) is 6.92 Å². The summed E-state index contributed by atoms with van der Waals surface area (Å²) in [6, 6.07) is 22.9. The van der Waals surface area contributed by atoms with Crippen LogP contribution in [0.2, 0.25) is 0 Å². The van der Waals surface area contributed by atoms with Crippen LogP contribution < -0.4 is 9.47 Å². The van der Waals surface area contributed by atoms with Crippen molar-refractivity contribution in [2.75, 3.05) is 13.2 Å². The third-order valence-electron chi connectivity index (χ3n) is 5.36. The molecule has 5 rings (SSSR count). The van der Waals surface area contributed by atoms with Crippen LogP contribution in [0.3, 0.4) is 0 Å². The number of carbonyl (C=O) groups excluding carboxylic acids is 1. The number of nitrogens with zero attached hydrogens (tertiary/aromatic N) is 3. The van der Waals surface area contributed by atoms with Crippen LogP contribution in [0.5, 0.6) is 11.5 Å². The van der Waals surface area contributed by atoms with Gasteiger partial charge in [-0.3, -0.25) is 10.2 Å².